The number of anilines is 2. The molecule has 1 amide bonds. The van der Waals surface area contributed by atoms with E-state index >= 15 is 0 Å². The fourth-order valence-electron chi connectivity index (χ4n) is 5.10. The largest absolute Gasteiger partial charge is 0.378 e. The first kappa shape index (κ1) is 25.0. The Hall–Kier alpha value is -3.09. The van der Waals surface area contributed by atoms with Crippen molar-refractivity contribution in [3.63, 3.8) is 0 Å². The number of nitriles is 1. The summed E-state index contributed by atoms with van der Waals surface area (Å²) >= 11 is 0. The number of carbonyl (C=O) groups is 1. The van der Waals surface area contributed by atoms with Crippen molar-refractivity contribution in [3.05, 3.63) is 59.2 Å². The number of nitrogens with zero attached hydrogens (tertiary/aromatic N) is 2. The van der Waals surface area contributed by atoms with E-state index in [9.17, 15) is 18.3 Å². The van der Waals surface area contributed by atoms with E-state index < -0.39 is 16.1 Å². The molecule has 9 heteroatoms. The first-order valence-electron chi connectivity index (χ1n) is 11.9. The fraction of sp³-hybridized carbons (Fsp3) is 0.462. The summed E-state index contributed by atoms with van der Waals surface area (Å²) in [6.07, 6.45) is 2.70. The van der Waals surface area contributed by atoms with Crippen molar-refractivity contribution in [2.75, 3.05) is 28.8 Å². The van der Waals surface area contributed by atoms with Crippen LogP contribution < -0.4 is 15.5 Å². The highest BCUT2D eigenvalue weighted by atomic mass is 32.2. The summed E-state index contributed by atoms with van der Waals surface area (Å²) in [4.78, 5) is 14.9. The van der Waals surface area contributed by atoms with E-state index in [0.29, 0.717) is 17.0 Å². The van der Waals surface area contributed by atoms with E-state index in [1.54, 1.807) is 25.1 Å². The third-order valence-corrected chi connectivity index (χ3v) is 7.84. The monoisotopic (exact) mass is 496 g/mol. The van der Waals surface area contributed by atoms with Crippen LogP contribution in [0.2, 0.25) is 0 Å². The maximum atomic E-state index is 12.8. The molecular weight excluding hydrogens is 464 g/mol. The van der Waals surface area contributed by atoms with E-state index in [1.165, 1.54) is 0 Å². The molecule has 0 radical (unpaired) electrons. The summed E-state index contributed by atoms with van der Waals surface area (Å²) in [6, 6.07) is 14.9. The van der Waals surface area contributed by atoms with Crippen LogP contribution >= 0.6 is 0 Å². The molecular formula is C26H32N4O4S. The molecule has 3 N–H and O–H groups in total. The van der Waals surface area contributed by atoms with Crippen LogP contribution in [0.1, 0.15) is 54.2 Å². The van der Waals surface area contributed by atoms with Gasteiger partial charge in [0.05, 0.1) is 23.4 Å². The first-order valence-corrected chi connectivity index (χ1v) is 14.0. The van der Waals surface area contributed by atoms with Crippen LogP contribution in [0.25, 0.3) is 0 Å². The second-order valence-corrected chi connectivity index (χ2v) is 12.0. The second-order valence-electron chi connectivity index (χ2n) is 9.70. The lowest BCUT2D eigenvalue weighted by Crippen LogP contribution is -2.52. The summed E-state index contributed by atoms with van der Waals surface area (Å²) in [7, 11) is -3.18. The number of hydrogen-bond acceptors (Lipinski definition) is 7. The average Bonchev–Trinajstić information content (AvgIpc) is 3.64. The fourth-order valence-corrected chi connectivity index (χ4v) is 5.57. The van der Waals surface area contributed by atoms with E-state index in [0.717, 1.165) is 36.0 Å². The quantitative estimate of drug-likeness (QED) is 0.513. The molecule has 0 spiro atoms. The Balaban J connectivity index is 1.70. The molecule has 2 aliphatic rings. The Bertz CT molecular complexity index is 1230. The molecule has 0 bridgehead atoms. The molecule has 0 saturated heterocycles. The van der Waals surface area contributed by atoms with Crippen LogP contribution in [-0.2, 0) is 9.84 Å². The molecule has 1 aliphatic carbocycles. The predicted octanol–water partition coefficient (Wildman–Crippen LogP) is 3.06. The molecule has 1 saturated carbocycles. The van der Waals surface area contributed by atoms with Gasteiger partial charge in [0.2, 0.25) is 0 Å². The van der Waals surface area contributed by atoms with Gasteiger partial charge in [0.15, 0.2) is 0 Å². The van der Waals surface area contributed by atoms with E-state index in [4.69, 9.17) is 5.26 Å². The van der Waals surface area contributed by atoms with Gasteiger partial charge < -0.3 is 20.6 Å². The standard InChI is InChI=1S/C26H32N4O4S/c1-16-24(29-21-9-4-18(15-27)5-10-21)22-14-20(26(32)28-12-13-35(3,33)34)8-11-23(22)30(17(2)31)25(16)19-6-7-19/h4-5,8-11,14,16-17,19,24-25,29,31H,6-7,12-13H2,1-3H3,(H,28,32)/t16-,17?,24-,25-/m1/s1. The third kappa shape index (κ3) is 5.60. The topological polar surface area (TPSA) is 123 Å². The Labute approximate surface area is 206 Å². The third-order valence-electron chi connectivity index (χ3n) is 6.89. The van der Waals surface area contributed by atoms with Gasteiger partial charge in [-0.25, -0.2) is 8.42 Å². The molecule has 2 aromatic rings. The maximum Gasteiger partial charge on any atom is 0.251 e. The normalized spacial score (nSPS) is 22.6. The van der Waals surface area contributed by atoms with Gasteiger partial charge in [0.25, 0.3) is 5.91 Å². The van der Waals surface area contributed by atoms with Gasteiger partial charge in [-0.2, -0.15) is 5.26 Å². The number of sulfone groups is 1. The minimum absolute atomic E-state index is 0.0433. The highest BCUT2D eigenvalue weighted by molar-refractivity contribution is 7.90. The summed E-state index contributed by atoms with van der Waals surface area (Å²) in [5.74, 6) is 0.164. The van der Waals surface area contributed by atoms with Crippen molar-refractivity contribution in [2.24, 2.45) is 11.8 Å². The maximum absolute atomic E-state index is 12.8. The number of amides is 1. The number of hydrogen-bond donors (Lipinski definition) is 3. The zero-order valence-corrected chi connectivity index (χ0v) is 21.0. The van der Waals surface area contributed by atoms with Crippen molar-refractivity contribution in [1.82, 2.24) is 5.32 Å². The Kier molecular flexibility index (Phi) is 7.06. The Morgan fingerprint density at radius 1 is 1.23 bits per heavy atom. The van der Waals surface area contributed by atoms with Gasteiger partial charge in [-0.1, -0.05) is 6.92 Å². The Morgan fingerprint density at radius 2 is 1.91 bits per heavy atom. The van der Waals surface area contributed by atoms with Gasteiger partial charge in [0.1, 0.15) is 16.1 Å². The van der Waals surface area contributed by atoms with Gasteiger partial charge >= 0.3 is 0 Å². The van der Waals surface area contributed by atoms with Crippen LogP contribution in [0.15, 0.2) is 42.5 Å². The smallest absolute Gasteiger partial charge is 0.251 e. The van der Waals surface area contributed by atoms with Crippen LogP contribution in [-0.4, -0.2) is 50.3 Å². The molecule has 0 aromatic heterocycles. The van der Waals surface area contributed by atoms with Crippen molar-refractivity contribution in [2.45, 2.75) is 45.0 Å². The molecule has 4 atom stereocenters. The van der Waals surface area contributed by atoms with Crippen molar-refractivity contribution in [1.29, 1.82) is 5.26 Å². The number of carbonyl (C=O) groups excluding carboxylic acids is 1. The number of fused-ring (bicyclic) bond motifs is 1. The highest BCUT2D eigenvalue weighted by Gasteiger charge is 2.47. The van der Waals surface area contributed by atoms with Crippen molar-refractivity contribution in [3.8, 4) is 6.07 Å². The van der Waals surface area contributed by atoms with E-state index in [1.807, 2.05) is 24.3 Å². The summed E-state index contributed by atoms with van der Waals surface area (Å²) < 4.78 is 22.8. The summed E-state index contributed by atoms with van der Waals surface area (Å²) in [6.45, 7) is 3.98. The zero-order chi connectivity index (χ0) is 25.3. The molecule has 186 valence electrons. The van der Waals surface area contributed by atoms with Crippen molar-refractivity contribution < 1.29 is 18.3 Å². The number of nitrogens with one attached hydrogen (secondary N) is 2. The molecule has 35 heavy (non-hydrogen) atoms. The van der Waals surface area contributed by atoms with Crippen molar-refractivity contribution >= 4 is 27.1 Å². The number of aliphatic hydroxyl groups is 1. The van der Waals surface area contributed by atoms with E-state index in [-0.39, 0.29) is 36.2 Å². The average molecular weight is 497 g/mol. The number of benzene rings is 2. The first-order chi connectivity index (χ1) is 16.6. The van der Waals surface area contributed by atoms with Gasteiger partial charge in [-0.3, -0.25) is 4.79 Å². The molecule has 1 unspecified atom stereocenters. The molecule has 1 heterocycles. The molecule has 8 nitrogen and oxygen atoms in total. The molecule has 2 aromatic carbocycles. The number of aliphatic hydroxyl groups excluding tert-OH is 1. The van der Waals surface area contributed by atoms with Crippen LogP contribution in [0.3, 0.4) is 0 Å². The van der Waals surface area contributed by atoms with E-state index in [2.05, 4.69) is 28.5 Å². The lowest BCUT2D eigenvalue weighted by atomic mass is 9.79. The number of rotatable bonds is 8. The SMILES string of the molecule is CC(O)N1c2ccc(C(=O)NCCS(C)(=O)=O)cc2[C@H](Nc2ccc(C#N)cc2)[C@@H](C)[C@@H]1C1CC1. The Morgan fingerprint density at radius 3 is 2.49 bits per heavy atom. The summed E-state index contributed by atoms with van der Waals surface area (Å²) in [5, 5.41) is 26.2. The molecule has 1 aliphatic heterocycles. The van der Waals surface area contributed by atoms with Crippen LogP contribution in [0.4, 0.5) is 11.4 Å². The molecule has 4 rings (SSSR count). The highest BCUT2D eigenvalue weighted by Crippen LogP contribution is 2.50. The van der Waals surface area contributed by atoms with Gasteiger partial charge in [-0.05, 0) is 73.7 Å². The second kappa shape index (κ2) is 9.88. The van der Waals surface area contributed by atoms with Crippen LogP contribution in [0, 0.1) is 23.2 Å². The zero-order valence-electron chi connectivity index (χ0n) is 20.2. The minimum atomic E-state index is -3.18. The lowest BCUT2D eigenvalue weighted by molar-refractivity contribution is 0.0956. The minimum Gasteiger partial charge on any atom is -0.378 e. The van der Waals surface area contributed by atoms with Gasteiger partial charge in [0, 0.05) is 41.7 Å². The molecule has 1 fully saturated rings. The van der Waals surface area contributed by atoms with Crippen LogP contribution in [0.5, 0.6) is 0 Å². The van der Waals surface area contributed by atoms with Gasteiger partial charge in [-0.15, -0.1) is 0 Å². The summed E-state index contributed by atoms with van der Waals surface area (Å²) in [5.41, 5.74) is 3.67. The lowest BCUT2D eigenvalue weighted by Gasteiger charge is -2.48. The predicted molar refractivity (Wildman–Crippen MR) is 136 cm³/mol.